The Bertz CT molecular complexity index is 910. The van der Waals surface area contributed by atoms with E-state index < -0.39 is 6.04 Å². The number of rotatable bonds is 9. The molecule has 3 rings (SSSR count). The highest BCUT2D eigenvalue weighted by atomic mass is 32.1. The Kier molecular flexibility index (Phi) is 8.64. The van der Waals surface area contributed by atoms with Crippen LogP contribution in [0.3, 0.4) is 0 Å². The predicted molar refractivity (Wildman–Crippen MR) is 122 cm³/mol. The van der Waals surface area contributed by atoms with Crippen molar-refractivity contribution in [3.05, 3.63) is 52.2 Å². The summed E-state index contributed by atoms with van der Waals surface area (Å²) < 4.78 is 10.2. The molecule has 1 atom stereocenters. The first-order valence-corrected chi connectivity index (χ1v) is 11.5. The van der Waals surface area contributed by atoms with E-state index in [0.29, 0.717) is 55.3 Å². The van der Waals surface area contributed by atoms with Crippen LogP contribution in [0.1, 0.15) is 32.9 Å². The first kappa shape index (κ1) is 23.7. The number of likely N-dealkylation sites (tertiary alicyclic amines) is 1. The first-order valence-electron chi connectivity index (χ1n) is 10.6. The lowest BCUT2D eigenvalue weighted by Crippen LogP contribution is -2.54. The van der Waals surface area contributed by atoms with Gasteiger partial charge in [0.2, 0.25) is 5.91 Å². The zero-order chi connectivity index (χ0) is 22.9. The quantitative estimate of drug-likeness (QED) is 0.560. The number of carbonyl (C=O) groups excluding carboxylic acids is 3. The molecular formula is C23H29N3O5S. The molecule has 2 aromatic rings. The van der Waals surface area contributed by atoms with E-state index in [1.54, 1.807) is 31.4 Å². The normalized spacial score (nSPS) is 15.1. The number of methoxy groups -OCH3 is 2. The second-order valence-electron chi connectivity index (χ2n) is 7.57. The van der Waals surface area contributed by atoms with E-state index in [1.165, 1.54) is 18.4 Å². The van der Waals surface area contributed by atoms with Gasteiger partial charge in [-0.25, -0.2) is 0 Å². The summed E-state index contributed by atoms with van der Waals surface area (Å²) in [4.78, 5) is 41.0. The molecule has 0 spiro atoms. The molecule has 0 radical (unpaired) electrons. The fraction of sp³-hybridized carbons (Fsp3) is 0.435. The Morgan fingerprint density at radius 3 is 2.59 bits per heavy atom. The topological polar surface area (TPSA) is 97.0 Å². The van der Waals surface area contributed by atoms with Crippen LogP contribution in [0.15, 0.2) is 41.8 Å². The van der Waals surface area contributed by atoms with Crippen LogP contribution in [0.5, 0.6) is 5.75 Å². The molecular weight excluding hydrogens is 430 g/mol. The lowest BCUT2D eigenvalue weighted by molar-refractivity contribution is -0.124. The van der Waals surface area contributed by atoms with Gasteiger partial charge in [0.1, 0.15) is 11.8 Å². The van der Waals surface area contributed by atoms with Gasteiger partial charge in [-0.05, 0) is 48.4 Å². The van der Waals surface area contributed by atoms with Crippen molar-refractivity contribution in [2.45, 2.75) is 18.9 Å². The summed E-state index contributed by atoms with van der Waals surface area (Å²) in [6, 6.07) is 9.78. The van der Waals surface area contributed by atoms with Crippen LogP contribution in [-0.2, 0) is 9.53 Å². The first-order chi connectivity index (χ1) is 15.5. The number of thiophene rings is 1. The molecule has 0 unspecified atom stereocenters. The minimum atomic E-state index is -0.704. The number of amides is 3. The highest BCUT2D eigenvalue weighted by molar-refractivity contribution is 7.12. The molecule has 0 aliphatic carbocycles. The summed E-state index contributed by atoms with van der Waals surface area (Å²) in [6.07, 6.45) is 1.25. The molecule has 1 aromatic heterocycles. The number of nitrogens with zero attached hydrogens (tertiary/aromatic N) is 1. The molecule has 9 heteroatoms. The van der Waals surface area contributed by atoms with E-state index >= 15 is 0 Å². The number of ether oxygens (including phenoxy) is 2. The van der Waals surface area contributed by atoms with E-state index in [9.17, 15) is 14.4 Å². The van der Waals surface area contributed by atoms with Gasteiger partial charge >= 0.3 is 0 Å². The van der Waals surface area contributed by atoms with Crippen LogP contribution in [0.2, 0.25) is 0 Å². The molecule has 8 nitrogen and oxygen atoms in total. The van der Waals surface area contributed by atoms with Gasteiger partial charge in [-0.1, -0.05) is 12.1 Å². The van der Waals surface area contributed by atoms with Crippen molar-refractivity contribution < 1.29 is 23.9 Å². The van der Waals surface area contributed by atoms with Crippen molar-refractivity contribution >= 4 is 29.1 Å². The Labute approximate surface area is 191 Å². The lowest BCUT2D eigenvalue weighted by Gasteiger charge is -2.35. The summed E-state index contributed by atoms with van der Waals surface area (Å²) in [5.41, 5.74) is 0.421. The molecule has 2 heterocycles. The molecule has 1 saturated heterocycles. The van der Waals surface area contributed by atoms with Crippen LogP contribution in [0.4, 0.5) is 0 Å². The molecule has 1 aliphatic heterocycles. The third-order valence-electron chi connectivity index (χ3n) is 5.54. The van der Waals surface area contributed by atoms with Crippen LogP contribution in [-0.4, -0.2) is 69.1 Å². The van der Waals surface area contributed by atoms with Gasteiger partial charge in [0.25, 0.3) is 11.8 Å². The lowest BCUT2D eigenvalue weighted by atomic mass is 9.88. The van der Waals surface area contributed by atoms with Crippen LogP contribution >= 0.6 is 11.3 Å². The summed E-state index contributed by atoms with van der Waals surface area (Å²) >= 11 is 1.42. The largest absolute Gasteiger partial charge is 0.497 e. The van der Waals surface area contributed by atoms with Crippen LogP contribution in [0, 0.1) is 5.92 Å². The van der Waals surface area contributed by atoms with E-state index in [2.05, 4.69) is 10.6 Å². The smallest absolute Gasteiger partial charge is 0.263 e. The number of nitrogens with one attached hydrogen (secondary N) is 2. The van der Waals surface area contributed by atoms with Gasteiger partial charge in [-0.3, -0.25) is 14.4 Å². The van der Waals surface area contributed by atoms with Crippen LogP contribution < -0.4 is 15.4 Å². The summed E-state index contributed by atoms with van der Waals surface area (Å²) in [5.74, 6) is -0.0900. The Hall–Kier alpha value is -2.91. The number of piperidine rings is 1. The number of hydrogen-bond donors (Lipinski definition) is 2. The fourth-order valence-corrected chi connectivity index (χ4v) is 4.46. The minimum Gasteiger partial charge on any atom is -0.497 e. The Morgan fingerprint density at radius 2 is 1.94 bits per heavy atom. The maximum Gasteiger partial charge on any atom is 0.263 e. The highest BCUT2D eigenvalue weighted by Gasteiger charge is 2.34. The third kappa shape index (κ3) is 6.08. The van der Waals surface area contributed by atoms with E-state index in [-0.39, 0.29) is 23.6 Å². The van der Waals surface area contributed by atoms with Crippen molar-refractivity contribution in [3.63, 3.8) is 0 Å². The second kappa shape index (κ2) is 11.6. The zero-order valence-electron chi connectivity index (χ0n) is 18.3. The van der Waals surface area contributed by atoms with Gasteiger partial charge in [0.05, 0.1) is 18.6 Å². The average molecular weight is 460 g/mol. The highest BCUT2D eigenvalue weighted by Crippen LogP contribution is 2.24. The van der Waals surface area contributed by atoms with E-state index in [0.717, 1.165) is 0 Å². The number of benzene rings is 1. The van der Waals surface area contributed by atoms with Crippen LogP contribution in [0.25, 0.3) is 0 Å². The molecule has 3 amide bonds. The SMILES string of the molecule is COCCNC(=O)[C@@H](NC(=O)c1cccc(OC)c1)C1CCN(C(=O)c2cccs2)CC1. The Balaban J connectivity index is 1.68. The predicted octanol–water partition coefficient (Wildman–Crippen LogP) is 2.17. The maximum absolute atomic E-state index is 12.9. The molecule has 32 heavy (non-hydrogen) atoms. The molecule has 2 N–H and O–H groups in total. The molecule has 0 bridgehead atoms. The van der Waals surface area contributed by atoms with Crippen molar-refractivity contribution in [3.8, 4) is 5.75 Å². The van der Waals surface area contributed by atoms with Gasteiger partial charge in [0.15, 0.2) is 0 Å². The molecule has 1 aromatic carbocycles. The Morgan fingerprint density at radius 1 is 1.16 bits per heavy atom. The fourth-order valence-electron chi connectivity index (χ4n) is 3.76. The molecule has 1 aliphatic rings. The zero-order valence-corrected chi connectivity index (χ0v) is 19.2. The maximum atomic E-state index is 12.9. The minimum absolute atomic E-state index is 0.0139. The van der Waals surface area contributed by atoms with Gasteiger partial charge in [-0.2, -0.15) is 0 Å². The van der Waals surface area contributed by atoms with Crippen molar-refractivity contribution in [1.82, 2.24) is 15.5 Å². The second-order valence-corrected chi connectivity index (χ2v) is 8.52. The van der Waals surface area contributed by atoms with Crippen molar-refractivity contribution in [2.75, 3.05) is 40.5 Å². The number of carbonyl (C=O) groups is 3. The van der Waals surface area contributed by atoms with E-state index in [4.69, 9.17) is 9.47 Å². The third-order valence-corrected chi connectivity index (χ3v) is 6.39. The average Bonchev–Trinajstić information content (AvgIpc) is 3.37. The monoisotopic (exact) mass is 459 g/mol. The summed E-state index contributed by atoms with van der Waals surface area (Å²) in [5, 5.41) is 7.62. The van der Waals surface area contributed by atoms with Gasteiger partial charge in [0, 0.05) is 32.3 Å². The van der Waals surface area contributed by atoms with Crippen molar-refractivity contribution in [2.24, 2.45) is 5.92 Å². The summed E-state index contributed by atoms with van der Waals surface area (Å²) in [7, 11) is 3.10. The number of hydrogen-bond acceptors (Lipinski definition) is 6. The van der Waals surface area contributed by atoms with Gasteiger partial charge < -0.3 is 25.0 Å². The van der Waals surface area contributed by atoms with Crippen molar-refractivity contribution in [1.29, 1.82) is 0 Å². The standard InChI is InChI=1S/C23H29N3O5S/c1-30-13-10-24-22(28)20(25-21(27)17-5-3-6-18(15-17)31-2)16-8-11-26(12-9-16)23(29)19-7-4-14-32-19/h3-7,14-16,20H,8-13H2,1-2H3,(H,24,28)(H,25,27)/t20-/m0/s1. The summed E-state index contributed by atoms with van der Waals surface area (Å²) in [6.45, 7) is 1.82. The van der Waals surface area contributed by atoms with Gasteiger partial charge in [-0.15, -0.1) is 11.3 Å². The molecule has 172 valence electrons. The molecule has 0 saturated carbocycles. The van der Waals surface area contributed by atoms with E-state index in [1.807, 2.05) is 22.4 Å². The molecule has 1 fully saturated rings.